The number of hydrogen-bond acceptors (Lipinski definition) is 4. The van der Waals surface area contributed by atoms with Crippen molar-refractivity contribution in [2.45, 2.75) is 25.9 Å². The first-order chi connectivity index (χ1) is 7.70. The molecule has 98 valence electrons. The number of likely N-dealkylation sites (N-methyl/N-ethyl adjacent to an activating group) is 1. The maximum Gasteiger partial charge on any atom is 0.0701 e. The van der Waals surface area contributed by atoms with E-state index in [0.717, 1.165) is 32.6 Å². The van der Waals surface area contributed by atoms with Crippen LogP contribution in [0.1, 0.15) is 19.8 Å². The van der Waals surface area contributed by atoms with E-state index in [0.29, 0.717) is 19.3 Å². The highest BCUT2D eigenvalue weighted by Crippen LogP contribution is 2.01. The molecule has 0 N–H and O–H groups in total. The van der Waals surface area contributed by atoms with Crippen molar-refractivity contribution in [2.24, 2.45) is 0 Å². The summed E-state index contributed by atoms with van der Waals surface area (Å²) in [5.74, 6) is 0. The van der Waals surface area contributed by atoms with E-state index in [1.807, 2.05) is 14.1 Å². The van der Waals surface area contributed by atoms with Crippen LogP contribution in [0.2, 0.25) is 0 Å². The average Bonchev–Trinajstić information content (AvgIpc) is 2.27. The first kappa shape index (κ1) is 15.8. The maximum absolute atomic E-state index is 5.46. The van der Waals surface area contributed by atoms with Gasteiger partial charge in [-0.05, 0) is 26.9 Å². The summed E-state index contributed by atoms with van der Waals surface area (Å²) < 4.78 is 16.1. The Bertz CT molecular complexity index is 138. The van der Waals surface area contributed by atoms with Gasteiger partial charge in [0.05, 0.1) is 25.9 Å². The first-order valence-electron chi connectivity index (χ1n) is 6.03. The lowest BCUT2D eigenvalue weighted by molar-refractivity contribution is 0.0188. The molecule has 0 radical (unpaired) electrons. The zero-order valence-corrected chi connectivity index (χ0v) is 11.2. The molecule has 4 nitrogen and oxygen atoms in total. The standard InChI is InChI=1S/C12H27NO3/c1-5-12(14-4)6-8-15-10-11-16-9-7-13(2)3/h12H,5-11H2,1-4H3. The Morgan fingerprint density at radius 3 is 2.12 bits per heavy atom. The van der Waals surface area contributed by atoms with Crippen molar-refractivity contribution in [3.05, 3.63) is 0 Å². The fourth-order valence-corrected chi connectivity index (χ4v) is 1.27. The third-order valence-electron chi connectivity index (χ3n) is 2.43. The van der Waals surface area contributed by atoms with E-state index < -0.39 is 0 Å². The van der Waals surface area contributed by atoms with Crippen LogP contribution in [0.5, 0.6) is 0 Å². The third kappa shape index (κ3) is 10.4. The van der Waals surface area contributed by atoms with Crippen LogP contribution in [-0.2, 0) is 14.2 Å². The monoisotopic (exact) mass is 233 g/mol. The topological polar surface area (TPSA) is 30.9 Å². The molecular weight excluding hydrogens is 206 g/mol. The molecule has 0 aliphatic rings. The molecule has 0 bridgehead atoms. The second-order valence-electron chi connectivity index (χ2n) is 4.08. The van der Waals surface area contributed by atoms with Crippen molar-refractivity contribution in [1.82, 2.24) is 4.90 Å². The molecule has 0 heterocycles. The van der Waals surface area contributed by atoms with Crippen LogP contribution in [0.3, 0.4) is 0 Å². The van der Waals surface area contributed by atoms with Crippen LogP contribution >= 0.6 is 0 Å². The van der Waals surface area contributed by atoms with E-state index >= 15 is 0 Å². The summed E-state index contributed by atoms with van der Waals surface area (Å²) in [5.41, 5.74) is 0. The molecule has 0 spiro atoms. The van der Waals surface area contributed by atoms with Crippen LogP contribution < -0.4 is 0 Å². The minimum Gasteiger partial charge on any atom is -0.381 e. The van der Waals surface area contributed by atoms with Crippen molar-refractivity contribution in [1.29, 1.82) is 0 Å². The molecule has 4 heteroatoms. The van der Waals surface area contributed by atoms with Crippen LogP contribution in [0.25, 0.3) is 0 Å². The molecule has 0 aliphatic heterocycles. The quantitative estimate of drug-likeness (QED) is 0.505. The summed E-state index contributed by atoms with van der Waals surface area (Å²) in [6, 6.07) is 0. The summed E-state index contributed by atoms with van der Waals surface area (Å²) in [6.45, 7) is 5.96. The van der Waals surface area contributed by atoms with Gasteiger partial charge in [0, 0.05) is 20.3 Å². The van der Waals surface area contributed by atoms with Crippen molar-refractivity contribution < 1.29 is 14.2 Å². The molecule has 1 atom stereocenters. The second-order valence-corrected chi connectivity index (χ2v) is 4.08. The Hall–Kier alpha value is -0.160. The SMILES string of the molecule is CCC(CCOCCOCCN(C)C)OC. The van der Waals surface area contributed by atoms with E-state index in [2.05, 4.69) is 11.8 Å². The van der Waals surface area contributed by atoms with E-state index in [1.165, 1.54) is 0 Å². The predicted molar refractivity (Wildman–Crippen MR) is 65.9 cm³/mol. The Kier molecular flexibility index (Phi) is 11.2. The van der Waals surface area contributed by atoms with E-state index in [4.69, 9.17) is 14.2 Å². The molecule has 0 amide bonds. The lowest BCUT2D eigenvalue weighted by Gasteiger charge is -2.13. The van der Waals surface area contributed by atoms with Crippen LogP contribution in [0.4, 0.5) is 0 Å². The number of nitrogens with zero attached hydrogens (tertiary/aromatic N) is 1. The third-order valence-corrected chi connectivity index (χ3v) is 2.43. The fraction of sp³-hybridized carbons (Fsp3) is 1.00. The van der Waals surface area contributed by atoms with Crippen LogP contribution in [0.15, 0.2) is 0 Å². The van der Waals surface area contributed by atoms with Crippen molar-refractivity contribution in [2.75, 3.05) is 54.2 Å². The van der Waals surface area contributed by atoms with Crippen molar-refractivity contribution in [3.8, 4) is 0 Å². The smallest absolute Gasteiger partial charge is 0.0701 e. The van der Waals surface area contributed by atoms with Gasteiger partial charge in [-0.3, -0.25) is 0 Å². The number of methoxy groups -OCH3 is 1. The molecule has 0 saturated carbocycles. The molecule has 0 aromatic heterocycles. The number of ether oxygens (including phenoxy) is 3. The summed E-state index contributed by atoms with van der Waals surface area (Å²) in [4.78, 5) is 2.10. The molecule has 0 aromatic carbocycles. The number of rotatable bonds is 11. The Balaban J connectivity index is 3.09. The van der Waals surface area contributed by atoms with E-state index in [9.17, 15) is 0 Å². The molecule has 0 fully saturated rings. The zero-order valence-electron chi connectivity index (χ0n) is 11.2. The molecule has 0 aromatic rings. The van der Waals surface area contributed by atoms with Gasteiger partial charge in [-0.2, -0.15) is 0 Å². The molecule has 16 heavy (non-hydrogen) atoms. The van der Waals surface area contributed by atoms with E-state index in [1.54, 1.807) is 7.11 Å². The Morgan fingerprint density at radius 1 is 1.00 bits per heavy atom. The normalized spacial score (nSPS) is 13.3. The van der Waals surface area contributed by atoms with Crippen LogP contribution in [-0.4, -0.2) is 65.2 Å². The van der Waals surface area contributed by atoms with Gasteiger partial charge in [-0.15, -0.1) is 0 Å². The predicted octanol–water partition coefficient (Wildman–Crippen LogP) is 1.40. The van der Waals surface area contributed by atoms with Gasteiger partial charge in [-0.25, -0.2) is 0 Å². The maximum atomic E-state index is 5.46. The Labute approximate surface area is 99.9 Å². The first-order valence-corrected chi connectivity index (χ1v) is 6.03. The summed E-state index contributed by atoms with van der Waals surface area (Å²) in [5, 5.41) is 0. The Morgan fingerprint density at radius 2 is 1.62 bits per heavy atom. The summed E-state index contributed by atoms with van der Waals surface area (Å²) >= 11 is 0. The van der Waals surface area contributed by atoms with Gasteiger partial charge in [0.2, 0.25) is 0 Å². The lowest BCUT2D eigenvalue weighted by Crippen LogP contribution is -2.19. The molecule has 1 unspecified atom stereocenters. The second kappa shape index (κ2) is 11.3. The lowest BCUT2D eigenvalue weighted by atomic mass is 10.2. The van der Waals surface area contributed by atoms with Gasteiger partial charge < -0.3 is 19.1 Å². The molecular formula is C12H27NO3. The minimum absolute atomic E-state index is 0.328. The van der Waals surface area contributed by atoms with E-state index in [-0.39, 0.29) is 0 Å². The highest BCUT2D eigenvalue weighted by atomic mass is 16.5. The van der Waals surface area contributed by atoms with Gasteiger partial charge in [0.25, 0.3) is 0 Å². The fourth-order valence-electron chi connectivity index (χ4n) is 1.27. The van der Waals surface area contributed by atoms with Gasteiger partial charge in [0.15, 0.2) is 0 Å². The highest BCUT2D eigenvalue weighted by Gasteiger charge is 2.02. The van der Waals surface area contributed by atoms with Gasteiger partial charge in [-0.1, -0.05) is 6.92 Å². The largest absolute Gasteiger partial charge is 0.381 e. The summed E-state index contributed by atoms with van der Waals surface area (Å²) in [6.07, 6.45) is 2.33. The average molecular weight is 233 g/mol. The van der Waals surface area contributed by atoms with Crippen molar-refractivity contribution >= 4 is 0 Å². The highest BCUT2D eigenvalue weighted by molar-refractivity contribution is 4.52. The molecule has 0 rings (SSSR count). The minimum atomic E-state index is 0.328. The molecule has 0 aliphatic carbocycles. The van der Waals surface area contributed by atoms with Gasteiger partial charge in [0.1, 0.15) is 0 Å². The van der Waals surface area contributed by atoms with Gasteiger partial charge >= 0.3 is 0 Å². The molecule has 0 saturated heterocycles. The summed E-state index contributed by atoms with van der Waals surface area (Å²) in [7, 11) is 5.82. The number of hydrogen-bond donors (Lipinski definition) is 0. The van der Waals surface area contributed by atoms with Crippen molar-refractivity contribution in [3.63, 3.8) is 0 Å². The van der Waals surface area contributed by atoms with Crippen LogP contribution in [0, 0.1) is 0 Å². The zero-order chi connectivity index (χ0) is 12.2.